The smallest absolute Gasteiger partial charge is 0.208 e. The summed E-state index contributed by atoms with van der Waals surface area (Å²) in [6.07, 6.45) is 2.33. The molecule has 2 rings (SSSR count). The quantitative estimate of drug-likeness (QED) is 0.101. The van der Waals surface area contributed by atoms with Crippen LogP contribution in [-0.4, -0.2) is 121 Å². The molecule has 0 saturated heterocycles. The third kappa shape index (κ3) is 39.7. The standard InChI is InChI=1S/2C12H21N3O2S.3H2O4S/c2*1-4-15(8-7-14-18(3,16)17)11-5-6-12(13)10(2)9-11;3*1-5(2,3)4/h2*5-6,9,14H,4,7-8,13H2,1-3H3;3*(H2,1,2,3,4)/p-6. The van der Waals surface area contributed by atoms with Gasteiger partial charge in [-0.1, -0.05) is 0 Å². The first-order valence-corrected chi connectivity index (χ1v) is 21.6. The lowest BCUT2D eigenvalue weighted by molar-refractivity contribution is 0.350. The Morgan fingerprint density at radius 3 is 0.961 bits per heavy atom. The molecule has 0 spiro atoms. The minimum absolute atomic E-state index is 0.399. The molecule has 0 aliphatic rings. The number of sulfonamides is 2. The van der Waals surface area contributed by atoms with Crippen molar-refractivity contribution < 1.29 is 69.4 Å². The molecule has 2 aromatic carbocycles. The van der Waals surface area contributed by atoms with Crippen molar-refractivity contribution in [2.24, 2.45) is 0 Å². The zero-order chi connectivity index (χ0) is 41.0. The molecule has 51 heavy (non-hydrogen) atoms. The Labute approximate surface area is 300 Å². The summed E-state index contributed by atoms with van der Waals surface area (Å²) in [5.74, 6) is 0. The van der Waals surface area contributed by atoms with Crippen LogP contribution in [0.2, 0.25) is 0 Å². The van der Waals surface area contributed by atoms with E-state index in [9.17, 15) is 16.8 Å². The van der Waals surface area contributed by atoms with Crippen LogP contribution in [-0.2, 0) is 51.2 Å². The van der Waals surface area contributed by atoms with Crippen molar-refractivity contribution in [1.82, 2.24) is 9.44 Å². The fourth-order valence-electron chi connectivity index (χ4n) is 3.38. The fourth-order valence-corrected chi connectivity index (χ4v) is 4.31. The van der Waals surface area contributed by atoms with E-state index < -0.39 is 51.2 Å². The van der Waals surface area contributed by atoms with Crippen LogP contribution in [0.1, 0.15) is 25.0 Å². The molecule has 0 aliphatic carbocycles. The van der Waals surface area contributed by atoms with Crippen LogP contribution in [0.4, 0.5) is 22.7 Å². The highest BCUT2D eigenvalue weighted by atomic mass is 32.3. The number of aryl methyl sites for hydroxylation is 2. The first kappa shape index (κ1) is 52.4. The summed E-state index contributed by atoms with van der Waals surface area (Å²) in [6.45, 7) is 11.7. The predicted octanol–water partition coefficient (Wildman–Crippen LogP) is -2.11. The van der Waals surface area contributed by atoms with Crippen LogP contribution in [0.15, 0.2) is 36.4 Å². The van der Waals surface area contributed by atoms with E-state index in [1.165, 1.54) is 0 Å². The molecule has 0 saturated carbocycles. The Morgan fingerprint density at radius 2 is 0.784 bits per heavy atom. The van der Waals surface area contributed by atoms with Crippen LogP contribution < -0.4 is 30.7 Å². The van der Waals surface area contributed by atoms with Crippen LogP contribution in [0.5, 0.6) is 0 Å². The molecular formula is C24H42N6O16S5-6. The van der Waals surface area contributed by atoms with Crippen molar-refractivity contribution >= 4 is 74.0 Å². The number of rotatable bonds is 12. The number of nitrogens with zero attached hydrogens (tertiary/aromatic N) is 2. The second-order valence-corrected chi connectivity index (χ2v) is 15.9. The first-order valence-electron chi connectivity index (χ1n) is 13.8. The summed E-state index contributed by atoms with van der Waals surface area (Å²) in [4.78, 5) is 4.20. The highest BCUT2D eigenvalue weighted by molar-refractivity contribution is 7.89. The summed E-state index contributed by atoms with van der Waals surface area (Å²) < 4.78 is 151. The molecule has 0 unspecified atom stereocenters. The second-order valence-electron chi connectivity index (χ2n) is 9.80. The zero-order valence-electron chi connectivity index (χ0n) is 28.3. The molecule has 6 N–H and O–H groups in total. The molecule has 0 amide bonds. The number of anilines is 4. The van der Waals surface area contributed by atoms with Gasteiger partial charge in [0.05, 0.1) is 12.5 Å². The minimum Gasteiger partial charge on any atom is -0.759 e. The van der Waals surface area contributed by atoms with Gasteiger partial charge in [0.25, 0.3) is 0 Å². The minimum atomic E-state index is -5.17. The van der Waals surface area contributed by atoms with Crippen molar-refractivity contribution in [3.05, 3.63) is 47.5 Å². The van der Waals surface area contributed by atoms with Crippen molar-refractivity contribution in [2.75, 3.05) is 73.0 Å². The average Bonchev–Trinajstić information content (AvgIpc) is 2.89. The number of nitrogens with one attached hydrogen (secondary N) is 2. The molecule has 0 bridgehead atoms. The monoisotopic (exact) mass is 830 g/mol. The Morgan fingerprint density at radius 1 is 0.549 bits per heavy atom. The molecule has 0 aliphatic heterocycles. The van der Waals surface area contributed by atoms with Gasteiger partial charge in [0, 0.05) is 93.2 Å². The van der Waals surface area contributed by atoms with Gasteiger partial charge in [-0.3, -0.25) is 25.3 Å². The number of nitrogens with two attached hydrogens (primary N) is 2. The highest BCUT2D eigenvalue weighted by Crippen LogP contribution is 2.21. The lowest BCUT2D eigenvalue weighted by Gasteiger charge is -2.23. The van der Waals surface area contributed by atoms with Crippen molar-refractivity contribution in [1.29, 1.82) is 0 Å². The van der Waals surface area contributed by atoms with Gasteiger partial charge in [0.2, 0.25) is 20.0 Å². The van der Waals surface area contributed by atoms with Crippen LogP contribution in [0, 0.1) is 13.8 Å². The predicted molar refractivity (Wildman–Crippen MR) is 184 cm³/mol. The van der Waals surface area contributed by atoms with E-state index in [0.717, 1.165) is 59.5 Å². The summed E-state index contributed by atoms with van der Waals surface area (Å²) in [6, 6.07) is 11.7. The third-order valence-electron chi connectivity index (χ3n) is 5.49. The molecule has 0 radical (unpaired) electrons. The number of nitrogen functional groups attached to an aromatic ring is 2. The number of likely N-dealkylation sites (N-methyl/N-ethyl adjacent to an activating group) is 2. The zero-order valence-corrected chi connectivity index (χ0v) is 32.4. The van der Waals surface area contributed by atoms with Gasteiger partial charge in [0.1, 0.15) is 0 Å². The summed E-state index contributed by atoms with van der Waals surface area (Å²) in [5.41, 5.74) is 17.3. The van der Waals surface area contributed by atoms with Gasteiger partial charge >= 0.3 is 0 Å². The van der Waals surface area contributed by atoms with Crippen molar-refractivity contribution in [3.8, 4) is 0 Å². The van der Waals surface area contributed by atoms with Gasteiger partial charge in [-0.2, -0.15) is 0 Å². The van der Waals surface area contributed by atoms with E-state index in [1.807, 2.05) is 64.1 Å². The van der Waals surface area contributed by atoms with Gasteiger partial charge in [-0.15, -0.1) is 0 Å². The maximum Gasteiger partial charge on any atom is 0.208 e. The maximum absolute atomic E-state index is 11.0. The van der Waals surface area contributed by atoms with Crippen LogP contribution >= 0.6 is 0 Å². The highest BCUT2D eigenvalue weighted by Gasteiger charge is 2.08. The third-order valence-corrected chi connectivity index (χ3v) is 6.95. The van der Waals surface area contributed by atoms with E-state index in [-0.39, 0.29) is 0 Å². The maximum atomic E-state index is 11.0. The van der Waals surface area contributed by atoms with E-state index in [0.29, 0.717) is 26.2 Å². The van der Waals surface area contributed by atoms with E-state index in [2.05, 4.69) is 19.2 Å². The molecular weight excluding hydrogens is 789 g/mol. The Bertz CT molecular complexity index is 1700. The Hall–Kier alpha value is -2.93. The number of hydrogen-bond acceptors (Lipinski definition) is 20. The number of hydrogen-bond donors (Lipinski definition) is 4. The van der Waals surface area contributed by atoms with Crippen molar-refractivity contribution in [2.45, 2.75) is 27.7 Å². The van der Waals surface area contributed by atoms with E-state index in [1.54, 1.807) is 0 Å². The first-order chi connectivity index (χ1) is 22.7. The van der Waals surface area contributed by atoms with E-state index >= 15 is 0 Å². The topological polar surface area (TPSA) is 392 Å². The summed E-state index contributed by atoms with van der Waals surface area (Å²) in [7, 11) is -21.7. The largest absolute Gasteiger partial charge is 0.759 e. The Balaban J connectivity index is -0.000000649. The molecule has 0 aromatic heterocycles. The van der Waals surface area contributed by atoms with E-state index in [4.69, 9.17) is 64.0 Å². The summed E-state index contributed by atoms with van der Waals surface area (Å²) in [5, 5.41) is 0. The molecule has 300 valence electrons. The van der Waals surface area contributed by atoms with Gasteiger partial charge in [0.15, 0.2) is 0 Å². The molecule has 2 aromatic rings. The van der Waals surface area contributed by atoms with Gasteiger partial charge < -0.3 is 48.6 Å². The lowest BCUT2D eigenvalue weighted by Crippen LogP contribution is -2.34. The van der Waals surface area contributed by atoms with Crippen LogP contribution in [0.25, 0.3) is 0 Å². The molecule has 0 heterocycles. The van der Waals surface area contributed by atoms with Crippen molar-refractivity contribution in [3.63, 3.8) is 0 Å². The van der Waals surface area contributed by atoms with Gasteiger partial charge in [-0.05, 0) is 75.2 Å². The van der Waals surface area contributed by atoms with Crippen LogP contribution in [0.3, 0.4) is 0 Å². The Kier molecular flexibility index (Phi) is 24.3. The normalized spacial score (nSPS) is 11.5. The summed E-state index contributed by atoms with van der Waals surface area (Å²) >= 11 is 0. The number of benzene rings is 2. The molecule has 27 heteroatoms. The molecule has 0 atom stereocenters. The average molecular weight is 831 g/mol. The molecule has 0 fully saturated rings. The second kappa shape index (κ2) is 23.6. The fraction of sp³-hybridized carbons (Fsp3) is 0.500. The lowest BCUT2D eigenvalue weighted by atomic mass is 10.1. The SMILES string of the molecule is CCN(CCNS(C)(=O)=O)c1ccc(N)c(C)c1.CCN(CCNS(C)(=O)=O)c1ccc(N)c(C)c1.O=S(=O)([O-])[O-].O=S(=O)([O-])[O-].O=S(=O)([O-])[O-]. The van der Waals surface area contributed by atoms with Gasteiger partial charge in [-0.25, -0.2) is 26.3 Å². The molecule has 22 nitrogen and oxygen atoms in total.